The molecular formula is C12H16Cl2N2. The summed E-state index contributed by atoms with van der Waals surface area (Å²) in [7, 11) is 0. The zero-order valence-corrected chi connectivity index (χ0v) is 10.9. The number of halogens is 2. The number of anilines is 1. The van der Waals surface area contributed by atoms with Gasteiger partial charge in [0.15, 0.2) is 0 Å². The summed E-state index contributed by atoms with van der Waals surface area (Å²) in [4.78, 5) is 6.77. The van der Waals surface area contributed by atoms with Gasteiger partial charge in [0.2, 0.25) is 0 Å². The van der Waals surface area contributed by atoms with E-state index in [9.17, 15) is 0 Å². The zero-order valence-electron chi connectivity index (χ0n) is 9.42. The third kappa shape index (κ3) is 2.61. The van der Waals surface area contributed by atoms with Gasteiger partial charge in [-0.3, -0.25) is 0 Å². The maximum absolute atomic E-state index is 6.01. The predicted octanol–water partition coefficient (Wildman–Crippen LogP) is 3.85. The van der Waals surface area contributed by atoms with Gasteiger partial charge in [0.05, 0.1) is 5.02 Å². The van der Waals surface area contributed by atoms with Crippen LogP contribution in [0.4, 0.5) is 5.82 Å². The number of nitrogens with zero attached hydrogens (tertiary/aromatic N) is 2. The highest BCUT2D eigenvalue weighted by Crippen LogP contribution is 2.32. The number of aromatic nitrogens is 1. The van der Waals surface area contributed by atoms with Crippen LogP contribution in [0.3, 0.4) is 0 Å². The quantitative estimate of drug-likeness (QED) is 0.746. The highest BCUT2D eigenvalue weighted by atomic mass is 35.5. The van der Waals surface area contributed by atoms with Crippen LogP contribution < -0.4 is 4.90 Å². The molecule has 2 rings (SSSR count). The van der Waals surface area contributed by atoms with Crippen LogP contribution in [0.1, 0.15) is 31.7 Å². The van der Waals surface area contributed by atoms with Crippen molar-refractivity contribution < 1.29 is 0 Å². The summed E-state index contributed by atoms with van der Waals surface area (Å²) in [5, 5.41) is 0.658. The van der Waals surface area contributed by atoms with Crippen LogP contribution in [-0.4, -0.2) is 17.6 Å². The molecule has 0 amide bonds. The van der Waals surface area contributed by atoms with Gasteiger partial charge in [-0.15, -0.1) is 11.6 Å². The van der Waals surface area contributed by atoms with Crippen molar-refractivity contribution in [2.45, 2.75) is 38.1 Å². The molecule has 1 heterocycles. The average molecular weight is 259 g/mol. The van der Waals surface area contributed by atoms with E-state index in [1.54, 1.807) is 6.20 Å². The topological polar surface area (TPSA) is 16.1 Å². The summed E-state index contributed by atoms with van der Waals surface area (Å²) >= 11 is 11.9. The molecule has 1 aromatic rings. The standard InChI is InChI=1S/C12H16Cl2N2/c1-2-5-16(10-3-4-10)12-6-9(7-13)11(14)8-15-12/h6,8,10H,2-5,7H2,1H3. The summed E-state index contributed by atoms with van der Waals surface area (Å²) in [5.74, 6) is 1.46. The van der Waals surface area contributed by atoms with Crippen molar-refractivity contribution in [3.8, 4) is 0 Å². The molecule has 1 aromatic heterocycles. The molecule has 16 heavy (non-hydrogen) atoms. The molecule has 1 aliphatic carbocycles. The maximum Gasteiger partial charge on any atom is 0.129 e. The molecule has 0 atom stereocenters. The summed E-state index contributed by atoms with van der Waals surface area (Å²) < 4.78 is 0. The van der Waals surface area contributed by atoms with E-state index < -0.39 is 0 Å². The molecule has 1 aliphatic rings. The minimum Gasteiger partial charge on any atom is -0.354 e. The molecule has 1 saturated carbocycles. The first-order chi connectivity index (χ1) is 7.76. The SMILES string of the molecule is CCCN(c1cc(CCl)c(Cl)cn1)C1CC1. The minimum atomic E-state index is 0.443. The van der Waals surface area contributed by atoms with Gasteiger partial charge < -0.3 is 4.90 Å². The Morgan fingerprint density at radius 2 is 2.25 bits per heavy atom. The Hall–Kier alpha value is -0.470. The summed E-state index contributed by atoms with van der Waals surface area (Å²) in [6.07, 6.45) is 5.40. The Morgan fingerprint density at radius 3 is 2.81 bits per heavy atom. The molecular weight excluding hydrogens is 243 g/mol. The van der Waals surface area contributed by atoms with E-state index in [2.05, 4.69) is 16.8 Å². The number of alkyl halides is 1. The molecule has 2 nitrogen and oxygen atoms in total. The molecule has 88 valence electrons. The molecule has 0 aromatic carbocycles. The molecule has 0 spiro atoms. The molecule has 0 bridgehead atoms. The highest BCUT2D eigenvalue weighted by Gasteiger charge is 2.29. The predicted molar refractivity (Wildman–Crippen MR) is 69.5 cm³/mol. The normalized spacial score (nSPS) is 15.2. The van der Waals surface area contributed by atoms with E-state index in [-0.39, 0.29) is 0 Å². The fourth-order valence-corrected chi connectivity index (χ4v) is 2.30. The number of hydrogen-bond acceptors (Lipinski definition) is 2. The Balaban J connectivity index is 2.23. The molecule has 0 N–H and O–H groups in total. The van der Waals surface area contributed by atoms with Gasteiger partial charge >= 0.3 is 0 Å². The lowest BCUT2D eigenvalue weighted by molar-refractivity contribution is 0.750. The second-order valence-electron chi connectivity index (χ2n) is 4.19. The van der Waals surface area contributed by atoms with Gasteiger partial charge in [0.1, 0.15) is 5.82 Å². The first-order valence-electron chi connectivity index (χ1n) is 5.73. The van der Waals surface area contributed by atoms with Crippen LogP contribution in [0.25, 0.3) is 0 Å². The monoisotopic (exact) mass is 258 g/mol. The van der Waals surface area contributed by atoms with Crippen molar-refractivity contribution in [1.29, 1.82) is 0 Å². The fraction of sp³-hybridized carbons (Fsp3) is 0.583. The van der Waals surface area contributed by atoms with Gasteiger partial charge in [-0.05, 0) is 30.9 Å². The van der Waals surface area contributed by atoms with Crippen LogP contribution in [0.15, 0.2) is 12.3 Å². The van der Waals surface area contributed by atoms with Crippen molar-refractivity contribution in [1.82, 2.24) is 4.98 Å². The van der Waals surface area contributed by atoms with Crippen molar-refractivity contribution in [2.75, 3.05) is 11.4 Å². The highest BCUT2D eigenvalue weighted by molar-refractivity contribution is 6.32. The largest absolute Gasteiger partial charge is 0.354 e. The Bertz CT molecular complexity index is 364. The van der Waals surface area contributed by atoms with Crippen LogP contribution in [0.5, 0.6) is 0 Å². The first kappa shape index (κ1) is 12.0. The lowest BCUT2D eigenvalue weighted by atomic mass is 10.2. The molecule has 0 saturated heterocycles. The zero-order chi connectivity index (χ0) is 11.5. The molecule has 4 heteroatoms. The van der Waals surface area contributed by atoms with E-state index in [1.807, 2.05) is 6.07 Å². The van der Waals surface area contributed by atoms with E-state index in [1.165, 1.54) is 12.8 Å². The summed E-state index contributed by atoms with van der Waals surface area (Å²) in [6.45, 7) is 3.24. The van der Waals surface area contributed by atoms with Crippen molar-refractivity contribution in [2.24, 2.45) is 0 Å². The van der Waals surface area contributed by atoms with E-state index in [4.69, 9.17) is 23.2 Å². The number of rotatable bonds is 5. The van der Waals surface area contributed by atoms with E-state index >= 15 is 0 Å². The number of pyridine rings is 1. The van der Waals surface area contributed by atoms with Crippen LogP contribution in [-0.2, 0) is 5.88 Å². The molecule has 0 radical (unpaired) electrons. The van der Waals surface area contributed by atoms with Gasteiger partial charge in [-0.1, -0.05) is 18.5 Å². The fourth-order valence-electron chi connectivity index (χ4n) is 1.84. The van der Waals surface area contributed by atoms with Gasteiger partial charge in [0, 0.05) is 24.7 Å². The Morgan fingerprint density at radius 1 is 1.50 bits per heavy atom. The van der Waals surface area contributed by atoms with E-state index in [0.717, 1.165) is 24.3 Å². The van der Waals surface area contributed by atoms with Crippen molar-refractivity contribution in [3.05, 3.63) is 22.8 Å². The smallest absolute Gasteiger partial charge is 0.129 e. The third-order valence-electron chi connectivity index (χ3n) is 2.81. The van der Waals surface area contributed by atoms with Crippen molar-refractivity contribution in [3.63, 3.8) is 0 Å². The maximum atomic E-state index is 6.01. The van der Waals surface area contributed by atoms with Crippen LogP contribution in [0, 0.1) is 0 Å². The summed E-state index contributed by atoms with van der Waals surface area (Å²) in [6, 6.07) is 2.69. The van der Waals surface area contributed by atoms with E-state index in [0.29, 0.717) is 16.9 Å². The average Bonchev–Trinajstić information content (AvgIpc) is 3.11. The first-order valence-corrected chi connectivity index (χ1v) is 6.64. The lowest BCUT2D eigenvalue weighted by Gasteiger charge is -2.23. The Labute approximate surface area is 107 Å². The van der Waals surface area contributed by atoms with Gasteiger partial charge in [-0.2, -0.15) is 0 Å². The Kier molecular flexibility index (Phi) is 3.93. The molecule has 1 fully saturated rings. The molecule has 0 unspecified atom stereocenters. The minimum absolute atomic E-state index is 0.443. The van der Waals surface area contributed by atoms with Gasteiger partial charge in [-0.25, -0.2) is 4.98 Å². The second-order valence-corrected chi connectivity index (χ2v) is 4.87. The van der Waals surface area contributed by atoms with Gasteiger partial charge in [0.25, 0.3) is 0 Å². The second kappa shape index (κ2) is 5.24. The molecule has 0 aliphatic heterocycles. The summed E-state index contributed by atoms with van der Waals surface area (Å²) in [5.41, 5.74) is 0.968. The van der Waals surface area contributed by atoms with Crippen LogP contribution >= 0.6 is 23.2 Å². The third-order valence-corrected chi connectivity index (χ3v) is 3.44. The lowest BCUT2D eigenvalue weighted by Crippen LogP contribution is -2.27. The van der Waals surface area contributed by atoms with Crippen LogP contribution in [0.2, 0.25) is 5.02 Å². The number of hydrogen-bond donors (Lipinski definition) is 0. The van der Waals surface area contributed by atoms with Crippen molar-refractivity contribution >= 4 is 29.0 Å².